The van der Waals surface area contributed by atoms with Crippen LogP contribution in [-0.2, 0) is 4.79 Å². The van der Waals surface area contributed by atoms with Crippen LogP contribution < -0.4 is 17.7 Å². The predicted molar refractivity (Wildman–Crippen MR) is 48.9 cm³/mol. The zero-order chi connectivity index (χ0) is 10.3. The highest BCUT2D eigenvalue weighted by molar-refractivity contribution is 6.42. The number of ketones is 1. The number of rotatable bonds is 0. The molecule has 0 aromatic rings. The molecule has 1 aliphatic rings. The first-order chi connectivity index (χ1) is 5.78. The van der Waals surface area contributed by atoms with Crippen molar-refractivity contribution >= 4 is 11.5 Å². The van der Waals surface area contributed by atoms with Gasteiger partial charge in [-0.25, -0.2) is 0 Å². The number of nitrogens with zero attached hydrogens (tertiary/aromatic N) is 1. The molecule has 0 bridgehead atoms. The Hall–Kier alpha value is -0.610. The molecule has 0 aromatic heterocycles. The normalized spacial score (nSPS) is 27.1. The van der Waals surface area contributed by atoms with Crippen LogP contribution in [0.1, 0.15) is 34.1 Å². The van der Waals surface area contributed by atoms with E-state index >= 15 is 0 Å². The number of hydrogen-bond donors (Lipinski definition) is 2. The number of halogens is 1. The monoisotopic (exact) mass is 220 g/mol. The predicted octanol–water partition coefficient (Wildman–Crippen LogP) is -3.09. The third-order valence-electron chi connectivity index (χ3n) is 2.34. The van der Waals surface area contributed by atoms with Crippen LogP contribution in [0.4, 0.5) is 0 Å². The summed E-state index contributed by atoms with van der Waals surface area (Å²) in [4.78, 5) is 11.6. The van der Waals surface area contributed by atoms with E-state index in [2.05, 4.69) is 5.16 Å². The van der Waals surface area contributed by atoms with Crippen molar-refractivity contribution in [3.05, 3.63) is 0 Å². The molecule has 4 nitrogen and oxygen atoms in total. The zero-order valence-corrected chi connectivity index (χ0v) is 9.72. The first-order valence-corrected chi connectivity index (χ1v) is 4.41. The summed E-state index contributed by atoms with van der Waals surface area (Å²) in [5, 5.41) is 13.8. The molecule has 0 unspecified atom stereocenters. The van der Waals surface area contributed by atoms with Gasteiger partial charge in [-0.15, -0.1) is 0 Å². The number of nitrogens with two attached hydrogens (primary N) is 1. The van der Waals surface area contributed by atoms with Gasteiger partial charge in [-0.2, -0.15) is 0 Å². The van der Waals surface area contributed by atoms with E-state index in [0.717, 1.165) is 0 Å². The van der Waals surface area contributed by atoms with Crippen LogP contribution in [0.5, 0.6) is 0 Å². The molecule has 0 radical (unpaired) electrons. The van der Waals surface area contributed by atoms with Crippen LogP contribution >= 0.6 is 0 Å². The molecule has 3 N–H and O–H groups in total. The van der Waals surface area contributed by atoms with Gasteiger partial charge in [0.15, 0.2) is 5.54 Å². The molecule has 0 aliphatic carbocycles. The SMILES string of the molecule is CC1(C)CC(=NO)C(=O)C(C)(C)[NH2+]1.[Cl-]. The summed E-state index contributed by atoms with van der Waals surface area (Å²) in [5.41, 5.74) is -0.292. The first kappa shape index (κ1) is 13.4. The summed E-state index contributed by atoms with van der Waals surface area (Å²) < 4.78 is 0. The maximum atomic E-state index is 11.6. The molecule has 0 amide bonds. The van der Waals surface area contributed by atoms with E-state index in [1.54, 1.807) is 0 Å². The van der Waals surface area contributed by atoms with Crippen molar-refractivity contribution in [2.45, 2.75) is 45.2 Å². The van der Waals surface area contributed by atoms with E-state index in [0.29, 0.717) is 6.42 Å². The Balaban J connectivity index is 0.00000169. The fourth-order valence-electron chi connectivity index (χ4n) is 2.06. The number of hydrogen-bond acceptors (Lipinski definition) is 3. The Labute approximate surface area is 90.2 Å². The molecule has 5 heteroatoms. The van der Waals surface area contributed by atoms with Gasteiger partial charge in [-0.3, -0.25) is 4.79 Å². The molecule has 1 rings (SSSR count). The van der Waals surface area contributed by atoms with Crippen molar-refractivity contribution in [2.24, 2.45) is 5.16 Å². The van der Waals surface area contributed by atoms with Crippen molar-refractivity contribution in [3.8, 4) is 0 Å². The second-order valence-corrected chi connectivity index (χ2v) is 4.91. The van der Waals surface area contributed by atoms with Crippen LogP contribution in [-0.4, -0.2) is 27.8 Å². The Kier molecular flexibility index (Phi) is 3.70. The lowest BCUT2D eigenvalue weighted by Gasteiger charge is -2.37. The van der Waals surface area contributed by atoms with Gasteiger partial charge in [0.25, 0.3) is 0 Å². The van der Waals surface area contributed by atoms with Crippen molar-refractivity contribution in [3.63, 3.8) is 0 Å². The number of Topliss-reactive ketones (excluding diaryl/α,β-unsaturated/α-hetero) is 1. The van der Waals surface area contributed by atoms with Gasteiger partial charge in [0.1, 0.15) is 5.71 Å². The third-order valence-corrected chi connectivity index (χ3v) is 2.34. The molecule has 14 heavy (non-hydrogen) atoms. The Morgan fingerprint density at radius 2 is 1.86 bits per heavy atom. The molecule has 1 heterocycles. The maximum absolute atomic E-state index is 11.6. The molecule has 1 saturated heterocycles. The summed E-state index contributed by atoms with van der Waals surface area (Å²) in [6.45, 7) is 7.77. The van der Waals surface area contributed by atoms with Crippen LogP contribution in [0.25, 0.3) is 0 Å². The molecule has 0 saturated carbocycles. The summed E-state index contributed by atoms with van der Waals surface area (Å²) in [6.07, 6.45) is 0.520. The average molecular weight is 221 g/mol. The second kappa shape index (κ2) is 3.87. The van der Waals surface area contributed by atoms with E-state index in [-0.39, 0.29) is 29.4 Å². The van der Waals surface area contributed by atoms with Crippen LogP contribution in [0.3, 0.4) is 0 Å². The highest BCUT2D eigenvalue weighted by Gasteiger charge is 2.47. The minimum absolute atomic E-state index is 0. The largest absolute Gasteiger partial charge is 1.00 e. The lowest BCUT2D eigenvalue weighted by Crippen LogP contribution is -3.07. The Morgan fingerprint density at radius 1 is 1.36 bits per heavy atom. The van der Waals surface area contributed by atoms with E-state index in [4.69, 9.17) is 5.21 Å². The summed E-state index contributed by atoms with van der Waals surface area (Å²) in [6, 6.07) is 0. The molecule has 1 fully saturated rings. The fourth-order valence-corrected chi connectivity index (χ4v) is 2.06. The summed E-state index contributed by atoms with van der Waals surface area (Å²) >= 11 is 0. The Morgan fingerprint density at radius 3 is 2.29 bits per heavy atom. The minimum atomic E-state index is -0.511. The van der Waals surface area contributed by atoms with Gasteiger partial charge in [-0.05, 0) is 27.7 Å². The summed E-state index contributed by atoms with van der Waals surface area (Å²) in [7, 11) is 0. The molecular weight excluding hydrogens is 204 g/mol. The second-order valence-electron chi connectivity index (χ2n) is 4.91. The number of quaternary nitrogens is 1. The fraction of sp³-hybridized carbons (Fsp3) is 0.778. The number of oxime groups is 1. The molecule has 0 spiro atoms. The molecule has 1 aliphatic heterocycles. The topological polar surface area (TPSA) is 66.3 Å². The van der Waals surface area contributed by atoms with Crippen LogP contribution in [0, 0.1) is 0 Å². The zero-order valence-electron chi connectivity index (χ0n) is 8.97. The maximum Gasteiger partial charge on any atom is 0.240 e. The van der Waals surface area contributed by atoms with Gasteiger partial charge in [-0.1, -0.05) is 5.16 Å². The highest BCUT2D eigenvalue weighted by atomic mass is 35.5. The van der Waals surface area contributed by atoms with Gasteiger partial charge in [0, 0.05) is 0 Å². The highest BCUT2D eigenvalue weighted by Crippen LogP contribution is 2.16. The Bertz CT molecular complexity index is 272. The van der Waals surface area contributed by atoms with E-state index in [1.165, 1.54) is 0 Å². The van der Waals surface area contributed by atoms with Crippen molar-refractivity contribution in [1.29, 1.82) is 0 Å². The number of carbonyl (C=O) groups excluding carboxylic acids is 1. The lowest BCUT2D eigenvalue weighted by molar-refractivity contribution is -0.766. The number of piperidine rings is 1. The first-order valence-electron chi connectivity index (χ1n) is 4.41. The standard InChI is InChI=1S/C9H16N2O2.ClH/c1-8(2)5-6(10-13)7(12)9(3,4)11-8;/h11,13H,5H2,1-4H3;1H. The smallest absolute Gasteiger partial charge is 0.240 e. The summed E-state index contributed by atoms with van der Waals surface area (Å²) in [5.74, 6) is -0.0747. The number of carbonyl (C=O) groups is 1. The van der Waals surface area contributed by atoms with E-state index in [1.807, 2.05) is 33.0 Å². The van der Waals surface area contributed by atoms with Crippen molar-refractivity contribution in [1.82, 2.24) is 0 Å². The van der Waals surface area contributed by atoms with Crippen LogP contribution in [0.15, 0.2) is 5.16 Å². The van der Waals surface area contributed by atoms with Crippen molar-refractivity contribution in [2.75, 3.05) is 0 Å². The van der Waals surface area contributed by atoms with Gasteiger partial charge >= 0.3 is 0 Å². The molecule has 0 aromatic carbocycles. The van der Waals surface area contributed by atoms with Crippen LogP contribution in [0.2, 0.25) is 0 Å². The third kappa shape index (κ3) is 2.45. The van der Waals surface area contributed by atoms with E-state index in [9.17, 15) is 4.79 Å². The van der Waals surface area contributed by atoms with Gasteiger partial charge in [0.2, 0.25) is 5.78 Å². The minimum Gasteiger partial charge on any atom is -1.00 e. The lowest BCUT2D eigenvalue weighted by atomic mass is 9.80. The van der Waals surface area contributed by atoms with Crippen molar-refractivity contribution < 1.29 is 27.7 Å². The molecule has 82 valence electrons. The molecule has 0 atom stereocenters. The van der Waals surface area contributed by atoms with Gasteiger partial charge in [0.05, 0.1) is 12.0 Å². The van der Waals surface area contributed by atoms with E-state index < -0.39 is 5.54 Å². The average Bonchev–Trinajstić information content (AvgIpc) is 1.95. The quantitative estimate of drug-likeness (QED) is 0.336. The molecular formula is C9H17ClN2O2. The van der Waals surface area contributed by atoms with Gasteiger partial charge < -0.3 is 22.9 Å².